The van der Waals surface area contributed by atoms with E-state index < -0.39 is 0 Å². The van der Waals surface area contributed by atoms with Gasteiger partial charge in [-0.05, 0) is 29.8 Å². The van der Waals surface area contributed by atoms with E-state index in [1.165, 1.54) is 0 Å². The molecule has 0 radical (unpaired) electrons. The fourth-order valence-electron chi connectivity index (χ4n) is 3.29. The highest BCUT2D eigenvalue weighted by Crippen LogP contribution is 2.28. The van der Waals surface area contributed by atoms with Gasteiger partial charge in [-0.15, -0.1) is 0 Å². The topological polar surface area (TPSA) is 77.1 Å². The average Bonchev–Trinajstić information content (AvgIpc) is 3.07. The molecule has 3 rings (SSSR count). The second-order valence-corrected chi connectivity index (χ2v) is 6.54. The van der Waals surface area contributed by atoms with Crippen LogP contribution >= 0.6 is 0 Å². The molecule has 7 nitrogen and oxygen atoms in total. The smallest absolute Gasteiger partial charge is 0.229 e. The highest BCUT2D eigenvalue weighted by atomic mass is 16.5. The summed E-state index contributed by atoms with van der Waals surface area (Å²) in [5.74, 6) is 1.71. The maximum Gasteiger partial charge on any atom is 0.229 e. The van der Waals surface area contributed by atoms with Crippen LogP contribution in [0.15, 0.2) is 42.5 Å². The normalized spacial score (nSPS) is 16.0. The summed E-state index contributed by atoms with van der Waals surface area (Å²) in [5, 5.41) is 2.95. The quantitative estimate of drug-likeness (QED) is 0.792. The molecule has 0 aliphatic carbocycles. The van der Waals surface area contributed by atoms with E-state index in [1.54, 1.807) is 38.4 Å². The third-order valence-corrected chi connectivity index (χ3v) is 4.67. The van der Waals surface area contributed by atoms with Crippen molar-refractivity contribution in [2.75, 3.05) is 32.8 Å². The van der Waals surface area contributed by atoms with E-state index in [-0.39, 0.29) is 30.7 Å². The van der Waals surface area contributed by atoms with Crippen LogP contribution in [0.4, 0.5) is 5.69 Å². The average molecular weight is 384 g/mol. The molecule has 2 amide bonds. The maximum atomic E-state index is 12.4. The van der Waals surface area contributed by atoms with Gasteiger partial charge < -0.3 is 24.4 Å². The number of nitrogens with one attached hydrogen (secondary N) is 1. The largest absolute Gasteiger partial charge is 0.497 e. The Hall–Kier alpha value is -3.22. The summed E-state index contributed by atoms with van der Waals surface area (Å²) in [4.78, 5) is 26.5. The summed E-state index contributed by atoms with van der Waals surface area (Å²) in [7, 11) is 4.70. The SMILES string of the molecule is COc1cccc(N2C[C@@H](NC(=O)Cc3ccc(OC)c(OC)c3)CC2=O)c1. The molecule has 1 fully saturated rings. The van der Waals surface area contributed by atoms with Crippen molar-refractivity contribution in [2.45, 2.75) is 18.9 Å². The predicted octanol–water partition coefficient (Wildman–Crippen LogP) is 2.18. The van der Waals surface area contributed by atoms with Crippen LogP contribution in [0.3, 0.4) is 0 Å². The highest BCUT2D eigenvalue weighted by Gasteiger charge is 2.31. The molecule has 1 atom stereocenters. The van der Waals surface area contributed by atoms with Gasteiger partial charge in [0.05, 0.1) is 33.8 Å². The number of amides is 2. The Kier molecular flexibility index (Phi) is 6.03. The van der Waals surface area contributed by atoms with E-state index in [4.69, 9.17) is 14.2 Å². The molecule has 1 heterocycles. The monoisotopic (exact) mass is 384 g/mol. The Morgan fingerprint density at radius 3 is 2.57 bits per heavy atom. The molecule has 1 aliphatic heterocycles. The molecule has 148 valence electrons. The minimum absolute atomic E-state index is 0.0235. The molecule has 1 N–H and O–H groups in total. The Bertz CT molecular complexity index is 868. The van der Waals surface area contributed by atoms with Gasteiger partial charge in [-0.1, -0.05) is 12.1 Å². The van der Waals surface area contributed by atoms with E-state index >= 15 is 0 Å². The van der Waals surface area contributed by atoms with Gasteiger partial charge in [0, 0.05) is 24.7 Å². The van der Waals surface area contributed by atoms with Gasteiger partial charge >= 0.3 is 0 Å². The van der Waals surface area contributed by atoms with Crippen LogP contribution in [0.2, 0.25) is 0 Å². The van der Waals surface area contributed by atoms with E-state index in [2.05, 4.69) is 5.32 Å². The van der Waals surface area contributed by atoms with Crippen molar-refractivity contribution in [3.8, 4) is 17.2 Å². The molecule has 28 heavy (non-hydrogen) atoms. The summed E-state index contributed by atoms with van der Waals surface area (Å²) >= 11 is 0. The predicted molar refractivity (Wildman–Crippen MR) is 105 cm³/mol. The van der Waals surface area contributed by atoms with Gasteiger partial charge in [-0.2, -0.15) is 0 Å². The van der Waals surface area contributed by atoms with Gasteiger partial charge in [0.1, 0.15) is 5.75 Å². The minimum atomic E-state index is -0.230. The zero-order chi connectivity index (χ0) is 20.1. The molecule has 0 saturated carbocycles. The zero-order valence-electron chi connectivity index (χ0n) is 16.2. The molecular formula is C21H24N2O5. The molecule has 2 aromatic carbocycles. The number of carbonyl (C=O) groups excluding carboxylic acids is 2. The number of rotatable bonds is 7. The summed E-state index contributed by atoms with van der Waals surface area (Å²) in [6.45, 7) is 0.434. The molecule has 0 unspecified atom stereocenters. The summed E-state index contributed by atoms with van der Waals surface area (Å²) in [6.07, 6.45) is 0.471. The molecular weight excluding hydrogens is 360 g/mol. The molecule has 1 aliphatic rings. The Morgan fingerprint density at radius 2 is 1.86 bits per heavy atom. The number of benzene rings is 2. The van der Waals surface area contributed by atoms with Gasteiger partial charge in [-0.3, -0.25) is 9.59 Å². The summed E-state index contributed by atoms with van der Waals surface area (Å²) < 4.78 is 15.7. The lowest BCUT2D eigenvalue weighted by molar-refractivity contribution is -0.121. The lowest BCUT2D eigenvalue weighted by Crippen LogP contribution is -2.38. The second kappa shape index (κ2) is 8.65. The summed E-state index contributed by atoms with van der Waals surface area (Å²) in [6, 6.07) is 12.5. The van der Waals surface area contributed by atoms with Crippen LogP contribution < -0.4 is 24.4 Å². The first-order chi connectivity index (χ1) is 13.5. The lowest BCUT2D eigenvalue weighted by Gasteiger charge is -2.18. The highest BCUT2D eigenvalue weighted by molar-refractivity contribution is 5.97. The van der Waals surface area contributed by atoms with Crippen LogP contribution in [0.25, 0.3) is 0 Å². The van der Waals surface area contributed by atoms with Gasteiger partial charge in [0.2, 0.25) is 11.8 Å². The number of anilines is 1. The number of hydrogen-bond acceptors (Lipinski definition) is 5. The van der Waals surface area contributed by atoms with Crippen molar-refractivity contribution in [3.63, 3.8) is 0 Å². The number of ether oxygens (including phenoxy) is 3. The van der Waals surface area contributed by atoms with Crippen molar-refractivity contribution >= 4 is 17.5 Å². The first-order valence-electron chi connectivity index (χ1n) is 8.98. The number of nitrogens with zero attached hydrogens (tertiary/aromatic N) is 1. The van der Waals surface area contributed by atoms with Crippen molar-refractivity contribution in [1.82, 2.24) is 5.32 Å². The Morgan fingerprint density at radius 1 is 1.07 bits per heavy atom. The first kappa shape index (κ1) is 19.5. The van der Waals surface area contributed by atoms with E-state index in [9.17, 15) is 9.59 Å². The molecule has 7 heteroatoms. The molecule has 0 aromatic heterocycles. The number of carbonyl (C=O) groups is 2. The standard InChI is InChI=1S/C21H24N2O5/c1-26-17-6-4-5-16(12-17)23-13-15(11-21(23)25)22-20(24)10-14-7-8-18(27-2)19(9-14)28-3/h4-9,12,15H,10-11,13H2,1-3H3,(H,22,24)/t15-/m0/s1. The Labute approximate surface area is 164 Å². The van der Waals surface area contributed by atoms with Gasteiger partial charge in [-0.25, -0.2) is 0 Å². The van der Waals surface area contributed by atoms with Gasteiger partial charge in [0.25, 0.3) is 0 Å². The van der Waals surface area contributed by atoms with Crippen LogP contribution in [-0.2, 0) is 16.0 Å². The van der Waals surface area contributed by atoms with E-state index in [0.717, 1.165) is 11.3 Å². The van der Waals surface area contributed by atoms with Crippen LogP contribution in [0.1, 0.15) is 12.0 Å². The van der Waals surface area contributed by atoms with E-state index in [1.807, 2.05) is 30.3 Å². The molecule has 1 saturated heterocycles. The summed E-state index contributed by atoms with van der Waals surface area (Å²) in [5.41, 5.74) is 1.57. The third kappa shape index (κ3) is 4.36. The Balaban J connectivity index is 1.61. The van der Waals surface area contributed by atoms with Gasteiger partial charge in [0.15, 0.2) is 11.5 Å². The second-order valence-electron chi connectivity index (χ2n) is 6.54. The van der Waals surface area contributed by atoms with Crippen LogP contribution in [0.5, 0.6) is 17.2 Å². The van der Waals surface area contributed by atoms with Crippen molar-refractivity contribution < 1.29 is 23.8 Å². The fraction of sp³-hybridized carbons (Fsp3) is 0.333. The molecule has 0 spiro atoms. The van der Waals surface area contributed by atoms with Crippen LogP contribution in [-0.4, -0.2) is 45.7 Å². The van der Waals surface area contributed by atoms with Crippen LogP contribution in [0, 0.1) is 0 Å². The molecule has 0 bridgehead atoms. The maximum absolute atomic E-state index is 12.4. The van der Waals surface area contributed by atoms with Crippen molar-refractivity contribution in [2.24, 2.45) is 0 Å². The number of hydrogen-bond donors (Lipinski definition) is 1. The third-order valence-electron chi connectivity index (χ3n) is 4.67. The minimum Gasteiger partial charge on any atom is -0.497 e. The number of methoxy groups -OCH3 is 3. The van der Waals surface area contributed by atoms with Crippen molar-refractivity contribution in [3.05, 3.63) is 48.0 Å². The lowest BCUT2D eigenvalue weighted by atomic mass is 10.1. The van der Waals surface area contributed by atoms with Crippen molar-refractivity contribution in [1.29, 1.82) is 0 Å². The van der Waals surface area contributed by atoms with E-state index in [0.29, 0.717) is 23.8 Å². The molecule has 2 aromatic rings. The fourth-order valence-corrected chi connectivity index (χ4v) is 3.29. The zero-order valence-corrected chi connectivity index (χ0v) is 16.2. The first-order valence-corrected chi connectivity index (χ1v) is 8.98.